The van der Waals surface area contributed by atoms with Gasteiger partial charge in [0.05, 0.1) is 18.4 Å². The van der Waals surface area contributed by atoms with E-state index in [9.17, 15) is 8.78 Å². The molecule has 0 fully saturated rings. The van der Waals surface area contributed by atoms with Crippen molar-refractivity contribution in [3.63, 3.8) is 0 Å². The third-order valence-corrected chi connectivity index (χ3v) is 3.76. The maximum absolute atomic E-state index is 14.4. The van der Waals surface area contributed by atoms with E-state index in [1.807, 2.05) is 6.92 Å². The van der Waals surface area contributed by atoms with E-state index in [2.05, 4.69) is 15.0 Å². The number of methoxy groups -OCH3 is 1. The Morgan fingerprint density at radius 1 is 1.17 bits per heavy atom. The van der Waals surface area contributed by atoms with Crippen molar-refractivity contribution in [2.75, 3.05) is 7.11 Å². The van der Waals surface area contributed by atoms with Gasteiger partial charge in [0.1, 0.15) is 11.6 Å². The van der Waals surface area contributed by atoms with E-state index in [0.717, 1.165) is 11.8 Å². The van der Waals surface area contributed by atoms with Crippen LogP contribution in [-0.2, 0) is 6.42 Å². The number of benzene rings is 1. The molecule has 3 rings (SSSR count). The molecule has 3 aromatic rings. The van der Waals surface area contributed by atoms with Crippen LogP contribution >= 0.6 is 0 Å². The summed E-state index contributed by atoms with van der Waals surface area (Å²) in [6, 6.07) is 2.35. The lowest BCUT2D eigenvalue weighted by molar-refractivity contribution is 0.407. The lowest BCUT2D eigenvalue weighted by atomic mass is 10.1. The third-order valence-electron chi connectivity index (χ3n) is 3.76. The largest absolute Gasteiger partial charge is 0.496 e. The van der Waals surface area contributed by atoms with Gasteiger partial charge in [-0.15, -0.1) is 0 Å². The molecule has 0 saturated carbocycles. The summed E-state index contributed by atoms with van der Waals surface area (Å²) in [5.74, 6) is -1.39. The summed E-state index contributed by atoms with van der Waals surface area (Å²) in [6.07, 6.45) is 8.75. The van der Waals surface area contributed by atoms with E-state index in [0.29, 0.717) is 12.2 Å². The first-order valence-corrected chi connectivity index (χ1v) is 7.42. The Bertz CT molecular complexity index is 836. The molecular formula is C17H16F2N4O. The second kappa shape index (κ2) is 6.74. The third kappa shape index (κ3) is 2.97. The molecule has 1 aromatic carbocycles. The van der Waals surface area contributed by atoms with Crippen LogP contribution in [0.1, 0.15) is 18.7 Å². The molecule has 124 valence electrons. The Labute approximate surface area is 138 Å². The molecule has 5 nitrogen and oxygen atoms in total. The van der Waals surface area contributed by atoms with Gasteiger partial charge in [-0.2, -0.15) is 0 Å². The molecule has 0 N–H and O–H groups in total. The highest BCUT2D eigenvalue weighted by Gasteiger charge is 2.22. The van der Waals surface area contributed by atoms with Crippen molar-refractivity contribution in [2.24, 2.45) is 0 Å². The Morgan fingerprint density at radius 3 is 2.71 bits per heavy atom. The van der Waals surface area contributed by atoms with Gasteiger partial charge in [-0.1, -0.05) is 0 Å². The smallest absolute Gasteiger partial charge is 0.173 e. The normalized spacial score (nSPS) is 12.2. The summed E-state index contributed by atoms with van der Waals surface area (Å²) in [6.45, 7) is 1.95. The second-order valence-corrected chi connectivity index (χ2v) is 5.35. The molecule has 0 bridgehead atoms. The monoisotopic (exact) mass is 330 g/mol. The number of hydrogen-bond donors (Lipinski definition) is 0. The molecule has 24 heavy (non-hydrogen) atoms. The van der Waals surface area contributed by atoms with Gasteiger partial charge in [0.15, 0.2) is 11.6 Å². The summed E-state index contributed by atoms with van der Waals surface area (Å²) in [5, 5.41) is 0. The number of rotatable bonds is 5. The minimum absolute atomic E-state index is 0.00787. The van der Waals surface area contributed by atoms with Gasteiger partial charge in [0.25, 0.3) is 0 Å². The number of ether oxygens (including phenoxy) is 1. The van der Waals surface area contributed by atoms with Crippen molar-refractivity contribution in [3.8, 4) is 17.1 Å². The fourth-order valence-corrected chi connectivity index (χ4v) is 2.61. The Balaban J connectivity index is 2.01. The highest BCUT2D eigenvalue weighted by Crippen LogP contribution is 2.34. The molecule has 7 heteroatoms. The number of imidazole rings is 1. The van der Waals surface area contributed by atoms with Crippen molar-refractivity contribution in [1.82, 2.24) is 19.5 Å². The van der Waals surface area contributed by atoms with Crippen molar-refractivity contribution >= 4 is 0 Å². The lowest BCUT2D eigenvalue weighted by Crippen LogP contribution is -2.11. The highest BCUT2D eigenvalue weighted by atomic mass is 19.2. The zero-order valence-electron chi connectivity index (χ0n) is 13.3. The predicted molar refractivity (Wildman–Crippen MR) is 84.6 cm³/mol. The SMILES string of the molecule is COc1ccc(F)c(F)c1-c1nccn1[C@H](C)Cc1cnccn1. The average Bonchev–Trinajstić information content (AvgIpc) is 3.07. The summed E-state index contributed by atoms with van der Waals surface area (Å²) in [7, 11) is 1.41. The summed E-state index contributed by atoms with van der Waals surface area (Å²) in [5.41, 5.74) is 0.810. The van der Waals surface area contributed by atoms with E-state index in [4.69, 9.17) is 4.74 Å². The van der Waals surface area contributed by atoms with Crippen LogP contribution in [0.15, 0.2) is 43.1 Å². The molecule has 0 aliphatic heterocycles. The summed E-state index contributed by atoms with van der Waals surface area (Å²) < 4.78 is 35.0. The van der Waals surface area contributed by atoms with Gasteiger partial charge < -0.3 is 9.30 Å². The maximum atomic E-state index is 14.4. The highest BCUT2D eigenvalue weighted by molar-refractivity contribution is 5.65. The number of aromatic nitrogens is 4. The van der Waals surface area contributed by atoms with E-state index in [-0.39, 0.29) is 17.4 Å². The molecule has 1 atom stereocenters. The fourth-order valence-electron chi connectivity index (χ4n) is 2.61. The zero-order chi connectivity index (χ0) is 17.1. The van der Waals surface area contributed by atoms with Crippen LogP contribution in [0.5, 0.6) is 5.75 Å². The van der Waals surface area contributed by atoms with Crippen molar-refractivity contribution in [3.05, 3.63) is 60.4 Å². The van der Waals surface area contributed by atoms with E-state index >= 15 is 0 Å². The maximum Gasteiger partial charge on any atom is 0.173 e. The molecule has 0 aliphatic rings. The minimum atomic E-state index is -0.978. The zero-order valence-corrected chi connectivity index (χ0v) is 13.3. The van der Waals surface area contributed by atoms with Gasteiger partial charge >= 0.3 is 0 Å². The lowest BCUT2D eigenvalue weighted by Gasteiger charge is -2.17. The van der Waals surface area contributed by atoms with Crippen LogP contribution < -0.4 is 4.74 Å². The van der Waals surface area contributed by atoms with Crippen molar-refractivity contribution in [2.45, 2.75) is 19.4 Å². The molecule has 0 amide bonds. The van der Waals surface area contributed by atoms with E-state index in [1.54, 1.807) is 35.6 Å². The topological polar surface area (TPSA) is 52.8 Å². The van der Waals surface area contributed by atoms with Crippen LogP contribution in [0.25, 0.3) is 11.4 Å². The second-order valence-electron chi connectivity index (χ2n) is 5.35. The van der Waals surface area contributed by atoms with Crippen molar-refractivity contribution < 1.29 is 13.5 Å². The van der Waals surface area contributed by atoms with Crippen LogP contribution in [-0.4, -0.2) is 26.6 Å². The van der Waals surface area contributed by atoms with Gasteiger partial charge in [-0.25, -0.2) is 13.8 Å². The molecular weight excluding hydrogens is 314 g/mol. The average molecular weight is 330 g/mol. The predicted octanol–water partition coefficient (Wildman–Crippen LogP) is 3.43. The van der Waals surface area contributed by atoms with Gasteiger partial charge in [-0.05, 0) is 19.1 Å². The first-order valence-electron chi connectivity index (χ1n) is 7.42. The van der Waals surface area contributed by atoms with E-state index < -0.39 is 11.6 Å². The molecule has 0 unspecified atom stereocenters. The Hall–Kier alpha value is -2.83. The van der Waals surface area contributed by atoms with Gasteiger partial charge in [0, 0.05) is 43.4 Å². The number of hydrogen-bond acceptors (Lipinski definition) is 4. The molecule has 0 radical (unpaired) electrons. The molecule has 0 saturated heterocycles. The van der Waals surface area contributed by atoms with Crippen LogP contribution in [0.4, 0.5) is 8.78 Å². The number of nitrogens with zero attached hydrogens (tertiary/aromatic N) is 4. The quantitative estimate of drug-likeness (QED) is 0.719. The standard InChI is InChI=1S/C17H16F2N4O/c1-11(9-12-10-20-5-6-21-12)23-8-7-22-17(23)15-14(24-2)4-3-13(18)16(15)19/h3-8,10-11H,9H2,1-2H3/t11-/m1/s1. The minimum Gasteiger partial charge on any atom is -0.496 e. The molecule has 2 heterocycles. The Morgan fingerprint density at radius 2 is 2.00 bits per heavy atom. The van der Waals surface area contributed by atoms with Crippen LogP contribution in [0, 0.1) is 11.6 Å². The van der Waals surface area contributed by atoms with Crippen molar-refractivity contribution in [1.29, 1.82) is 0 Å². The molecule has 2 aromatic heterocycles. The Kier molecular flexibility index (Phi) is 4.50. The van der Waals surface area contributed by atoms with Gasteiger partial charge in [-0.3, -0.25) is 9.97 Å². The fraction of sp³-hybridized carbons (Fsp3) is 0.235. The van der Waals surface area contributed by atoms with Crippen LogP contribution in [0.3, 0.4) is 0 Å². The summed E-state index contributed by atoms with van der Waals surface area (Å²) in [4.78, 5) is 12.5. The first kappa shape index (κ1) is 16.0. The molecule has 0 spiro atoms. The summed E-state index contributed by atoms with van der Waals surface area (Å²) >= 11 is 0. The first-order chi connectivity index (χ1) is 11.6. The number of halogens is 2. The molecule has 0 aliphatic carbocycles. The van der Waals surface area contributed by atoms with Crippen LogP contribution in [0.2, 0.25) is 0 Å². The van der Waals surface area contributed by atoms with E-state index in [1.165, 1.54) is 13.2 Å². The van der Waals surface area contributed by atoms with Gasteiger partial charge in [0.2, 0.25) is 0 Å².